The summed E-state index contributed by atoms with van der Waals surface area (Å²) in [7, 11) is 3.02. The molecule has 1 aliphatic rings. The molecule has 0 radical (unpaired) electrons. The van der Waals surface area contributed by atoms with Crippen molar-refractivity contribution in [2.75, 3.05) is 27.3 Å². The summed E-state index contributed by atoms with van der Waals surface area (Å²) in [5, 5.41) is 0.747. The molecule has 1 aliphatic heterocycles. The molecule has 1 aromatic heterocycles. The summed E-state index contributed by atoms with van der Waals surface area (Å²) in [6, 6.07) is 3.58. The Morgan fingerprint density at radius 3 is 2.54 bits per heavy atom. The summed E-state index contributed by atoms with van der Waals surface area (Å²) in [5.41, 5.74) is 0.997. The molecule has 6 heteroatoms. The van der Waals surface area contributed by atoms with Gasteiger partial charge in [0.15, 0.2) is 11.3 Å². The lowest BCUT2D eigenvalue weighted by atomic mass is 10.0. The zero-order valence-corrected chi connectivity index (χ0v) is 14.2. The van der Waals surface area contributed by atoms with Crippen LogP contribution < -0.4 is 15.1 Å². The van der Waals surface area contributed by atoms with Crippen LogP contribution in [0.15, 0.2) is 21.3 Å². The van der Waals surface area contributed by atoms with Gasteiger partial charge in [-0.05, 0) is 37.5 Å². The SMILES string of the molecule is COc1ccc2c(C)c(CC(=O)N3CCCC3)c(=O)oc2c1OC. The molecule has 1 aromatic carbocycles. The van der Waals surface area contributed by atoms with E-state index in [9.17, 15) is 9.59 Å². The number of amides is 1. The van der Waals surface area contributed by atoms with Gasteiger partial charge >= 0.3 is 5.63 Å². The Bertz CT molecular complexity index is 833. The van der Waals surface area contributed by atoms with Crippen LogP contribution in [0.3, 0.4) is 0 Å². The molecule has 1 saturated heterocycles. The second kappa shape index (κ2) is 6.55. The van der Waals surface area contributed by atoms with E-state index in [1.807, 2.05) is 13.0 Å². The van der Waals surface area contributed by atoms with Gasteiger partial charge in [0.25, 0.3) is 0 Å². The van der Waals surface area contributed by atoms with E-state index in [0.29, 0.717) is 22.6 Å². The summed E-state index contributed by atoms with van der Waals surface area (Å²) >= 11 is 0. The first-order valence-electron chi connectivity index (χ1n) is 8.02. The number of nitrogens with zero attached hydrogens (tertiary/aromatic N) is 1. The molecule has 2 aromatic rings. The van der Waals surface area contributed by atoms with Crippen LogP contribution in [0.1, 0.15) is 24.0 Å². The first-order valence-corrected chi connectivity index (χ1v) is 8.02. The molecule has 1 fully saturated rings. The second-order valence-electron chi connectivity index (χ2n) is 5.94. The van der Waals surface area contributed by atoms with E-state index in [1.165, 1.54) is 14.2 Å². The van der Waals surface area contributed by atoms with Crippen LogP contribution in [0.4, 0.5) is 0 Å². The minimum absolute atomic E-state index is 0.0253. The fourth-order valence-corrected chi connectivity index (χ4v) is 3.20. The fourth-order valence-electron chi connectivity index (χ4n) is 3.20. The molecule has 3 rings (SSSR count). The van der Waals surface area contributed by atoms with E-state index in [2.05, 4.69) is 0 Å². The minimum atomic E-state index is -0.501. The maximum absolute atomic E-state index is 12.4. The summed E-state index contributed by atoms with van der Waals surface area (Å²) in [4.78, 5) is 26.6. The number of aryl methyl sites for hydroxylation is 1. The fraction of sp³-hybridized carbons (Fsp3) is 0.444. The number of methoxy groups -OCH3 is 2. The summed E-state index contributed by atoms with van der Waals surface area (Å²) in [5.74, 6) is 0.851. The number of hydrogen-bond acceptors (Lipinski definition) is 5. The van der Waals surface area contributed by atoms with Gasteiger partial charge in [-0.2, -0.15) is 0 Å². The molecule has 24 heavy (non-hydrogen) atoms. The van der Waals surface area contributed by atoms with Crippen LogP contribution in [0.2, 0.25) is 0 Å². The Hall–Kier alpha value is -2.50. The third-order valence-electron chi connectivity index (χ3n) is 4.58. The van der Waals surface area contributed by atoms with Crippen LogP contribution in [0.25, 0.3) is 11.0 Å². The van der Waals surface area contributed by atoms with Gasteiger partial charge < -0.3 is 18.8 Å². The Morgan fingerprint density at radius 1 is 1.21 bits per heavy atom. The van der Waals surface area contributed by atoms with Crippen LogP contribution in [-0.4, -0.2) is 38.1 Å². The Kier molecular flexibility index (Phi) is 4.46. The van der Waals surface area contributed by atoms with Gasteiger partial charge in [-0.3, -0.25) is 4.79 Å². The van der Waals surface area contributed by atoms with Crippen LogP contribution >= 0.6 is 0 Å². The van der Waals surface area contributed by atoms with Gasteiger partial charge in [0.05, 0.1) is 26.2 Å². The van der Waals surface area contributed by atoms with Gasteiger partial charge in [-0.1, -0.05) is 0 Å². The lowest BCUT2D eigenvalue weighted by Crippen LogP contribution is -2.31. The lowest BCUT2D eigenvalue weighted by Gasteiger charge is -2.16. The molecule has 0 atom stereocenters. The van der Waals surface area contributed by atoms with Crippen molar-refractivity contribution in [1.82, 2.24) is 4.90 Å². The predicted octanol–water partition coefficient (Wildman–Crippen LogP) is 2.28. The summed E-state index contributed by atoms with van der Waals surface area (Å²) < 4.78 is 16.0. The lowest BCUT2D eigenvalue weighted by molar-refractivity contribution is -0.129. The molecule has 0 N–H and O–H groups in total. The van der Waals surface area contributed by atoms with Gasteiger partial charge in [-0.25, -0.2) is 4.79 Å². The highest BCUT2D eigenvalue weighted by atomic mass is 16.5. The molecule has 6 nitrogen and oxygen atoms in total. The molecule has 0 bridgehead atoms. The third-order valence-corrected chi connectivity index (χ3v) is 4.58. The quantitative estimate of drug-likeness (QED) is 0.804. The van der Waals surface area contributed by atoms with E-state index in [0.717, 1.165) is 36.9 Å². The van der Waals surface area contributed by atoms with Gasteiger partial charge in [-0.15, -0.1) is 0 Å². The second-order valence-corrected chi connectivity index (χ2v) is 5.94. The molecule has 0 spiro atoms. The number of fused-ring (bicyclic) bond motifs is 1. The normalized spacial score (nSPS) is 14.2. The van der Waals surface area contributed by atoms with Crippen LogP contribution in [0.5, 0.6) is 11.5 Å². The molecule has 0 saturated carbocycles. The number of benzene rings is 1. The standard InChI is InChI=1S/C18H21NO5/c1-11-12-6-7-14(22-2)17(23-3)16(12)24-18(21)13(11)10-15(20)19-8-4-5-9-19/h6-7H,4-5,8-10H2,1-3H3. The maximum Gasteiger partial charge on any atom is 0.340 e. The van der Waals surface area contributed by atoms with Crippen molar-refractivity contribution in [1.29, 1.82) is 0 Å². The minimum Gasteiger partial charge on any atom is -0.493 e. The monoisotopic (exact) mass is 331 g/mol. The van der Waals surface area contributed by atoms with Gasteiger partial charge in [0.2, 0.25) is 11.7 Å². The average molecular weight is 331 g/mol. The average Bonchev–Trinajstić information content (AvgIpc) is 3.12. The maximum atomic E-state index is 12.4. The predicted molar refractivity (Wildman–Crippen MR) is 89.8 cm³/mol. The summed E-state index contributed by atoms with van der Waals surface area (Å²) in [6.45, 7) is 3.36. The van der Waals surface area contributed by atoms with Crippen LogP contribution in [0, 0.1) is 6.92 Å². The first-order chi connectivity index (χ1) is 11.6. The van der Waals surface area contributed by atoms with Crippen molar-refractivity contribution in [2.45, 2.75) is 26.2 Å². The number of carbonyl (C=O) groups excluding carboxylic acids is 1. The zero-order valence-electron chi connectivity index (χ0n) is 14.2. The Morgan fingerprint density at radius 2 is 1.92 bits per heavy atom. The Balaban J connectivity index is 2.07. The highest BCUT2D eigenvalue weighted by Gasteiger charge is 2.23. The molecule has 0 unspecified atom stereocenters. The Labute approximate surface area is 140 Å². The largest absolute Gasteiger partial charge is 0.493 e. The molecule has 2 heterocycles. The topological polar surface area (TPSA) is 69.0 Å². The van der Waals surface area contributed by atoms with Crippen molar-refractivity contribution in [3.63, 3.8) is 0 Å². The van der Waals surface area contributed by atoms with Crippen molar-refractivity contribution in [3.8, 4) is 11.5 Å². The molecular formula is C18H21NO5. The van der Waals surface area contributed by atoms with Gasteiger partial charge in [0, 0.05) is 18.5 Å². The molecule has 128 valence electrons. The highest BCUT2D eigenvalue weighted by molar-refractivity contribution is 5.89. The van der Waals surface area contributed by atoms with Crippen molar-refractivity contribution in [2.24, 2.45) is 0 Å². The van der Waals surface area contributed by atoms with Crippen LogP contribution in [-0.2, 0) is 11.2 Å². The van der Waals surface area contributed by atoms with E-state index < -0.39 is 5.63 Å². The van der Waals surface area contributed by atoms with Crippen molar-refractivity contribution < 1.29 is 18.7 Å². The molecule has 1 amide bonds. The van der Waals surface area contributed by atoms with E-state index in [1.54, 1.807) is 11.0 Å². The van der Waals surface area contributed by atoms with Crippen molar-refractivity contribution in [3.05, 3.63) is 33.7 Å². The highest BCUT2D eigenvalue weighted by Crippen LogP contribution is 2.36. The molecule has 0 aliphatic carbocycles. The van der Waals surface area contributed by atoms with E-state index in [4.69, 9.17) is 13.9 Å². The van der Waals surface area contributed by atoms with Crippen molar-refractivity contribution >= 4 is 16.9 Å². The number of likely N-dealkylation sites (tertiary alicyclic amines) is 1. The number of ether oxygens (including phenoxy) is 2. The number of rotatable bonds is 4. The third kappa shape index (κ3) is 2.72. The van der Waals surface area contributed by atoms with E-state index in [-0.39, 0.29) is 12.3 Å². The smallest absolute Gasteiger partial charge is 0.340 e. The zero-order chi connectivity index (χ0) is 17.3. The summed E-state index contributed by atoms with van der Waals surface area (Å²) in [6.07, 6.45) is 2.11. The van der Waals surface area contributed by atoms with Gasteiger partial charge in [0.1, 0.15) is 0 Å². The number of carbonyl (C=O) groups is 1. The first kappa shape index (κ1) is 16.4. The van der Waals surface area contributed by atoms with E-state index >= 15 is 0 Å². The molecular weight excluding hydrogens is 310 g/mol. The number of hydrogen-bond donors (Lipinski definition) is 0.